The molecule has 0 aliphatic heterocycles. The van der Waals surface area contributed by atoms with Crippen molar-refractivity contribution in [1.82, 2.24) is 15.1 Å². The van der Waals surface area contributed by atoms with Gasteiger partial charge in [-0.2, -0.15) is 0 Å². The number of halogens is 4. The molecule has 0 spiro atoms. The van der Waals surface area contributed by atoms with Crippen LogP contribution in [0.15, 0.2) is 95.8 Å². The van der Waals surface area contributed by atoms with E-state index >= 15 is 0 Å². The average molecular weight is 814 g/mol. The Balaban J connectivity index is 0.000000212. The second-order valence-electron chi connectivity index (χ2n) is 14.2. The molecule has 2 saturated carbocycles. The molecule has 1 N–H and O–H groups in total. The third kappa shape index (κ3) is 10.6. The number of ether oxygens (including phenoxy) is 5. The number of nitrogens with zero attached hydrogens (tertiary/aromatic N) is 3. The highest BCUT2D eigenvalue weighted by molar-refractivity contribution is 5.70. The van der Waals surface area contributed by atoms with Crippen LogP contribution >= 0.6 is 0 Å². The summed E-state index contributed by atoms with van der Waals surface area (Å²) >= 11 is 0. The number of methoxy groups -OCH3 is 1. The van der Waals surface area contributed by atoms with Gasteiger partial charge in [-0.3, -0.25) is 0 Å². The number of benzene rings is 3. The zero-order chi connectivity index (χ0) is 41.1. The van der Waals surface area contributed by atoms with Crippen LogP contribution < -0.4 is 23.7 Å². The summed E-state index contributed by atoms with van der Waals surface area (Å²) in [5, 5.41) is 13.1. The second-order valence-corrected chi connectivity index (χ2v) is 14.2. The van der Waals surface area contributed by atoms with Crippen molar-refractivity contribution in [3.05, 3.63) is 126 Å². The van der Waals surface area contributed by atoms with Gasteiger partial charge in [0.1, 0.15) is 30.3 Å². The van der Waals surface area contributed by atoms with Crippen LogP contribution in [-0.2, 0) is 13.0 Å². The van der Waals surface area contributed by atoms with Gasteiger partial charge in [-0.05, 0) is 134 Å². The molecule has 2 aliphatic rings. The molecule has 8 rings (SSSR count). The van der Waals surface area contributed by atoms with Crippen LogP contribution in [0.2, 0.25) is 0 Å². The van der Waals surface area contributed by atoms with E-state index in [1.54, 1.807) is 49.8 Å². The SMILES string of the molecule is COc1ccc(COc2cc(CCOc3c(F)cc(-c4cccnc4OC4CCCC4)cc3F)on2)cc1.Oc1c(F)cc(-c2cccnc2OC2CCCC2)cc1F. The van der Waals surface area contributed by atoms with Gasteiger partial charge in [-0.15, -0.1) is 0 Å². The van der Waals surface area contributed by atoms with E-state index in [9.17, 15) is 22.7 Å². The number of hydrogen-bond acceptors (Lipinski definition) is 10. The molecule has 59 heavy (non-hydrogen) atoms. The van der Waals surface area contributed by atoms with Gasteiger partial charge in [-0.1, -0.05) is 12.1 Å². The van der Waals surface area contributed by atoms with Crippen LogP contribution in [0, 0.1) is 23.3 Å². The highest BCUT2D eigenvalue weighted by Gasteiger charge is 2.22. The smallest absolute Gasteiger partial charge is 0.254 e. The number of pyridine rings is 2. The first-order valence-corrected chi connectivity index (χ1v) is 19.5. The van der Waals surface area contributed by atoms with E-state index in [4.69, 9.17) is 28.2 Å². The molecule has 308 valence electrons. The summed E-state index contributed by atoms with van der Waals surface area (Å²) in [5.41, 5.74) is 2.62. The van der Waals surface area contributed by atoms with Gasteiger partial charge in [-0.25, -0.2) is 27.5 Å². The first-order chi connectivity index (χ1) is 28.7. The molecule has 0 saturated heterocycles. The Morgan fingerprint density at radius 1 is 0.678 bits per heavy atom. The van der Waals surface area contributed by atoms with Crippen molar-refractivity contribution in [3.63, 3.8) is 0 Å². The van der Waals surface area contributed by atoms with Crippen LogP contribution in [0.1, 0.15) is 62.7 Å². The average Bonchev–Trinajstić information content (AvgIpc) is 4.06. The number of aromatic nitrogens is 3. The zero-order valence-electron chi connectivity index (χ0n) is 32.3. The van der Waals surface area contributed by atoms with Crippen LogP contribution in [0.25, 0.3) is 22.3 Å². The van der Waals surface area contributed by atoms with Crippen molar-refractivity contribution in [3.8, 4) is 57.1 Å². The van der Waals surface area contributed by atoms with Crippen LogP contribution in [-0.4, -0.2) is 46.2 Å². The molecule has 6 aromatic rings. The standard InChI is InChI=1S/C29H28F2N2O5.C16H15F2NO2/c1-34-21-10-8-19(9-11-21)18-36-27-17-23(38-33-27)12-14-35-28-25(30)15-20(16-26(28)31)24-7-4-13-32-29(24)37-22-5-2-3-6-22;17-13-8-10(9-14(18)15(13)20)12-6-3-7-19-16(12)21-11-4-1-2-5-11/h4,7-11,13,15-17,22H,2-3,5-6,12,14,18H2,1H3;3,6-9,11,20H,1-2,4-5H2. The Morgan fingerprint density at radius 3 is 1.73 bits per heavy atom. The normalized spacial score (nSPS) is 14.1. The molecule has 0 radical (unpaired) electrons. The van der Waals surface area contributed by atoms with Crippen molar-refractivity contribution in [1.29, 1.82) is 0 Å². The van der Waals surface area contributed by atoms with Gasteiger partial charge in [0.15, 0.2) is 34.8 Å². The fraction of sp³-hybridized carbons (Fsp3) is 0.311. The molecule has 0 atom stereocenters. The quantitative estimate of drug-likeness (QED) is 0.106. The van der Waals surface area contributed by atoms with E-state index in [2.05, 4.69) is 15.1 Å². The summed E-state index contributed by atoms with van der Waals surface area (Å²) in [6, 6.07) is 20.5. The number of phenolic OH excluding ortho intramolecular Hbond substituents is 1. The topological polar surface area (TPSA) is 118 Å². The Morgan fingerprint density at radius 2 is 1.20 bits per heavy atom. The Bertz CT molecular complexity index is 2270. The van der Waals surface area contributed by atoms with E-state index in [0.29, 0.717) is 52.3 Å². The summed E-state index contributed by atoms with van der Waals surface area (Å²) < 4.78 is 90.1. The minimum Gasteiger partial charge on any atom is -0.503 e. The van der Waals surface area contributed by atoms with Crippen LogP contribution in [0.4, 0.5) is 17.6 Å². The maximum Gasteiger partial charge on any atom is 0.254 e. The highest BCUT2D eigenvalue weighted by atomic mass is 19.1. The maximum absolute atomic E-state index is 14.9. The molecule has 3 aromatic heterocycles. The van der Waals surface area contributed by atoms with E-state index in [1.807, 2.05) is 24.3 Å². The monoisotopic (exact) mass is 813 g/mol. The fourth-order valence-corrected chi connectivity index (χ4v) is 6.92. The highest BCUT2D eigenvalue weighted by Crippen LogP contribution is 2.36. The molecular formula is C45H43F4N3O7. The summed E-state index contributed by atoms with van der Waals surface area (Å²) in [4.78, 5) is 8.46. The molecule has 2 fully saturated rings. The fourth-order valence-electron chi connectivity index (χ4n) is 6.92. The number of phenols is 1. The lowest BCUT2D eigenvalue weighted by molar-refractivity contribution is 0.202. The largest absolute Gasteiger partial charge is 0.503 e. The van der Waals surface area contributed by atoms with Gasteiger partial charge >= 0.3 is 0 Å². The van der Waals surface area contributed by atoms with Gasteiger partial charge in [0.05, 0.1) is 13.7 Å². The van der Waals surface area contributed by atoms with Gasteiger partial charge < -0.3 is 33.3 Å². The molecule has 0 bridgehead atoms. The molecule has 10 nitrogen and oxygen atoms in total. The number of hydrogen-bond donors (Lipinski definition) is 1. The molecular weight excluding hydrogens is 771 g/mol. The second kappa shape index (κ2) is 19.4. The third-order valence-corrected chi connectivity index (χ3v) is 10.0. The van der Waals surface area contributed by atoms with Crippen molar-refractivity contribution >= 4 is 0 Å². The minimum atomic E-state index is -0.999. The molecule has 3 aromatic carbocycles. The summed E-state index contributed by atoms with van der Waals surface area (Å²) in [5.74, 6) is -2.76. The summed E-state index contributed by atoms with van der Waals surface area (Å²) in [7, 11) is 1.61. The predicted octanol–water partition coefficient (Wildman–Crippen LogP) is 10.6. The van der Waals surface area contributed by atoms with Crippen molar-refractivity contribution in [2.45, 2.75) is 76.6 Å². The molecule has 2 aliphatic carbocycles. The zero-order valence-corrected chi connectivity index (χ0v) is 32.3. The Kier molecular flexibility index (Phi) is 13.5. The van der Waals surface area contributed by atoms with Crippen LogP contribution in [0.5, 0.6) is 34.9 Å². The lowest BCUT2D eigenvalue weighted by Gasteiger charge is -2.16. The molecule has 14 heteroatoms. The van der Waals surface area contributed by atoms with Crippen molar-refractivity contribution in [2.24, 2.45) is 0 Å². The van der Waals surface area contributed by atoms with E-state index in [1.165, 1.54) is 12.1 Å². The predicted molar refractivity (Wildman–Crippen MR) is 210 cm³/mol. The molecule has 0 unspecified atom stereocenters. The first-order valence-electron chi connectivity index (χ1n) is 19.5. The first kappa shape index (κ1) is 40.9. The Hall–Kier alpha value is -6.31. The van der Waals surface area contributed by atoms with Crippen molar-refractivity contribution in [2.75, 3.05) is 13.7 Å². The van der Waals surface area contributed by atoms with Gasteiger partial charge in [0, 0.05) is 36.0 Å². The number of aromatic hydroxyl groups is 1. The number of rotatable bonds is 14. The van der Waals surface area contributed by atoms with Gasteiger partial charge in [0.25, 0.3) is 5.88 Å². The van der Waals surface area contributed by atoms with Crippen molar-refractivity contribution < 1.29 is 50.9 Å². The summed E-state index contributed by atoms with van der Waals surface area (Å²) in [6.07, 6.45) is 11.9. The van der Waals surface area contributed by atoms with Crippen LogP contribution in [0.3, 0.4) is 0 Å². The lowest BCUT2D eigenvalue weighted by Crippen LogP contribution is -2.12. The lowest BCUT2D eigenvalue weighted by atomic mass is 10.1. The minimum absolute atomic E-state index is 0.0107. The Labute approximate surface area is 338 Å². The van der Waals surface area contributed by atoms with E-state index in [0.717, 1.165) is 74.8 Å². The van der Waals surface area contributed by atoms with E-state index in [-0.39, 0.29) is 25.2 Å². The summed E-state index contributed by atoms with van der Waals surface area (Å²) in [6.45, 7) is 0.294. The molecule has 3 heterocycles. The van der Waals surface area contributed by atoms with E-state index < -0.39 is 34.8 Å². The third-order valence-electron chi connectivity index (χ3n) is 10.0. The molecule has 0 amide bonds. The van der Waals surface area contributed by atoms with Gasteiger partial charge in [0.2, 0.25) is 11.8 Å². The maximum atomic E-state index is 14.9.